The quantitative estimate of drug-likeness (QED) is 0.639. The van der Waals surface area contributed by atoms with Gasteiger partial charge in [-0.05, 0) is 24.3 Å². The minimum absolute atomic E-state index is 0.551. The molecule has 0 saturated carbocycles. The Hall–Kier alpha value is -1.51. The molecule has 0 bridgehead atoms. The van der Waals surface area contributed by atoms with Crippen LogP contribution in [0.3, 0.4) is 0 Å². The van der Waals surface area contributed by atoms with E-state index in [9.17, 15) is 0 Å². The third kappa shape index (κ3) is 1.79. The zero-order valence-corrected chi connectivity index (χ0v) is 10.3. The highest BCUT2D eigenvalue weighted by Gasteiger charge is 2.06. The van der Waals surface area contributed by atoms with Crippen molar-refractivity contribution in [3.05, 3.63) is 58.8 Å². The van der Waals surface area contributed by atoms with Crippen molar-refractivity contribution in [2.24, 2.45) is 0 Å². The second-order valence-electron chi connectivity index (χ2n) is 3.70. The molecule has 84 valence electrons. The molecule has 0 aliphatic heterocycles. The van der Waals surface area contributed by atoms with Crippen molar-refractivity contribution in [1.82, 2.24) is 9.38 Å². The summed E-state index contributed by atoms with van der Waals surface area (Å²) in [6.45, 7) is 0. The summed E-state index contributed by atoms with van der Waals surface area (Å²) >= 11 is 11.9. The summed E-state index contributed by atoms with van der Waals surface area (Å²) in [5.41, 5.74) is 2.91. The largest absolute Gasteiger partial charge is 0.300 e. The van der Waals surface area contributed by atoms with Gasteiger partial charge in [-0.2, -0.15) is 0 Å². The Morgan fingerprint density at radius 1 is 1.00 bits per heavy atom. The Labute approximate surface area is 108 Å². The van der Waals surface area contributed by atoms with Crippen molar-refractivity contribution in [2.75, 3.05) is 0 Å². The van der Waals surface area contributed by atoms with Crippen molar-refractivity contribution in [3.63, 3.8) is 0 Å². The third-order valence-corrected chi connectivity index (χ3v) is 3.37. The average molecular weight is 263 g/mol. The Kier molecular flexibility index (Phi) is 2.54. The number of fused-ring (bicyclic) bond motifs is 1. The number of aromatic nitrogens is 2. The molecule has 0 fully saturated rings. The molecule has 0 saturated heterocycles. The Bertz CT molecular complexity index is 689. The first-order valence-electron chi connectivity index (χ1n) is 5.13. The second kappa shape index (κ2) is 4.06. The van der Waals surface area contributed by atoms with Gasteiger partial charge in [0.1, 0.15) is 5.65 Å². The first-order chi connectivity index (χ1) is 8.25. The standard InChI is InChI=1S/C13H8Cl2N2/c14-10-5-4-9(7-11(10)15)12-8-16-13-3-1-2-6-17(12)13/h1-8H. The van der Waals surface area contributed by atoms with Gasteiger partial charge >= 0.3 is 0 Å². The van der Waals surface area contributed by atoms with Crippen LogP contribution in [-0.2, 0) is 0 Å². The first kappa shape index (κ1) is 10.6. The van der Waals surface area contributed by atoms with Crippen LogP contribution < -0.4 is 0 Å². The number of rotatable bonds is 1. The molecular weight excluding hydrogens is 255 g/mol. The molecule has 3 rings (SSSR count). The van der Waals surface area contributed by atoms with Crippen LogP contribution in [0.15, 0.2) is 48.8 Å². The maximum absolute atomic E-state index is 6.02. The lowest BCUT2D eigenvalue weighted by Crippen LogP contribution is -1.86. The summed E-state index contributed by atoms with van der Waals surface area (Å²) in [7, 11) is 0. The highest BCUT2D eigenvalue weighted by molar-refractivity contribution is 6.42. The molecule has 4 heteroatoms. The molecule has 0 unspecified atom stereocenters. The fraction of sp³-hybridized carbons (Fsp3) is 0. The van der Waals surface area contributed by atoms with Crippen molar-refractivity contribution in [2.45, 2.75) is 0 Å². The molecule has 0 amide bonds. The maximum atomic E-state index is 6.02. The lowest BCUT2D eigenvalue weighted by Gasteiger charge is -2.03. The van der Waals surface area contributed by atoms with E-state index in [0.29, 0.717) is 10.0 Å². The Balaban J connectivity index is 2.24. The van der Waals surface area contributed by atoms with Gasteiger partial charge in [0.2, 0.25) is 0 Å². The predicted octanol–water partition coefficient (Wildman–Crippen LogP) is 4.31. The summed E-state index contributed by atoms with van der Waals surface area (Å²) in [5.74, 6) is 0. The molecule has 1 aromatic carbocycles. The lowest BCUT2D eigenvalue weighted by atomic mass is 10.2. The van der Waals surface area contributed by atoms with E-state index < -0.39 is 0 Å². The SMILES string of the molecule is Clc1ccc(-c2cnc3ccccn23)cc1Cl. The molecule has 2 heterocycles. The molecule has 2 aromatic heterocycles. The molecule has 0 atom stereocenters. The van der Waals surface area contributed by atoms with Crippen LogP contribution in [-0.4, -0.2) is 9.38 Å². The summed E-state index contributed by atoms with van der Waals surface area (Å²) in [5, 5.41) is 1.11. The molecule has 2 nitrogen and oxygen atoms in total. The minimum Gasteiger partial charge on any atom is -0.300 e. The van der Waals surface area contributed by atoms with E-state index in [2.05, 4.69) is 4.98 Å². The van der Waals surface area contributed by atoms with Crippen LogP contribution in [0, 0.1) is 0 Å². The third-order valence-electron chi connectivity index (χ3n) is 2.63. The molecule has 0 N–H and O–H groups in total. The van der Waals surface area contributed by atoms with E-state index in [-0.39, 0.29) is 0 Å². The number of benzene rings is 1. The second-order valence-corrected chi connectivity index (χ2v) is 4.52. The Morgan fingerprint density at radius 2 is 1.88 bits per heavy atom. The van der Waals surface area contributed by atoms with Crippen molar-refractivity contribution in [3.8, 4) is 11.3 Å². The fourth-order valence-corrected chi connectivity index (χ4v) is 2.10. The molecule has 0 aliphatic carbocycles. The number of hydrogen-bond donors (Lipinski definition) is 0. The molecule has 17 heavy (non-hydrogen) atoms. The predicted molar refractivity (Wildman–Crippen MR) is 70.6 cm³/mol. The topological polar surface area (TPSA) is 17.3 Å². The van der Waals surface area contributed by atoms with Gasteiger partial charge in [-0.1, -0.05) is 35.3 Å². The van der Waals surface area contributed by atoms with Gasteiger partial charge in [0.05, 0.1) is 21.9 Å². The van der Waals surface area contributed by atoms with E-state index in [1.807, 2.05) is 47.1 Å². The zero-order chi connectivity index (χ0) is 11.8. The van der Waals surface area contributed by atoms with Gasteiger partial charge in [-0.15, -0.1) is 0 Å². The van der Waals surface area contributed by atoms with Crippen molar-refractivity contribution >= 4 is 28.8 Å². The first-order valence-corrected chi connectivity index (χ1v) is 5.89. The molecule has 0 radical (unpaired) electrons. The summed E-state index contributed by atoms with van der Waals surface area (Å²) in [6, 6.07) is 11.5. The van der Waals surface area contributed by atoms with E-state index in [4.69, 9.17) is 23.2 Å². The Morgan fingerprint density at radius 3 is 2.71 bits per heavy atom. The average Bonchev–Trinajstić information content (AvgIpc) is 2.76. The van der Waals surface area contributed by atoms with Crippen LogP contribution >= 0.6 is 23.2 Å². The summed E-state index contributed by atoms with van der Waals surface area (Å²) < 4.78 is 2.01. The van der Waals surface area contributed by atoms with Crippen molar-refractivity contribution < 1.29 is 0 Å². The van der Waals surface area contributed by atoms with Crippen molar-refractivity contribution in [1.29, 1.82) is 0 Å². The molecule has 3 aromatic rings. The van der Waals surface area contributed by atoms with Gasteiger partial charge in [0, 0.05) is 11.8 Å². The highest BCUT2D eigenvalue weighted by atomic mass is 35.5. The van der Waals surface area contributed by atoms with Gasteiger partial charge < -0.3 is 0 Å². The van der Waals surface area contributed by atoms with Gasteiger partial charge in [-0.3, -0.25) is 4.40 Å². The number of pyridine rings is 1. The zero-order valence-electron chi connectivity index (χ0n) is 8.77. The number of halogens is 2. The van der Waals surface area contributed by atoms with E-state index in [1.54, 1.807) is 6.07 Å². The summed E-state index contributed by atoms with van der Waals surface area (Å²) in [6.07, 6.45) is 3.80. The number of imidazole rings is 1. The normalized spacial score (nSPS) is 10.9. The molecular formula is C13H8Cl2N2. The molecule has 0 aliphatic rings. The smallest absolute Gasteiger partial charge is 0.137 e. The van der Waals surface area contributed by atoms with Gasteiger partial charge in [-0.25, -0.2) is 4.98 Å². The van der Waals surface area contributed by atoms with Crippen LogP contribution in [0.25, 0.3) is 16.9 Å². The van der Waals surface area contributed by atoms with Crippen LogP contribution in [0.4, 0.5) is 0 Å². The number of nitrogens with zero attached hydrogens (tertiary/aromatic N) is 2. The maximum Gasteiger partial charge on any atom is 0.137 e. The lowest BCUT2D eigenvalue weighted by molar-refractivity contribution is 1.19. The van der Waals surface area contributed by atoms with E-state index in [1.165, 1.54) is 0 Å². The highest BCUT2D eigenvalue weighted by Crippen LogP contribution is 2.28. The minimum atomic E-state index is 0.551. The molecule has 0 spiro atoms. The number of hydrogen-bond acceptors (Lipinski definition) is 1. The van der Waals surface area contributed by atoms with E-state index >= 15 is 0 Å². The van der Waals surface area contributed by atoms with Crippen LogP contribution in [0.2, 0.25) is 10.0 Å². The van der Waals surface area contributed by atoms with Gasteiger partial charge in [0.15, 0.2) is 0 Å². The van der Waals surface area contributed by atoms with Crippen LogP contribution in [0.1, 0.15) is 0 Å². The van der Waals surface area contributed by atoms with Crippen LogP contribution in [0.5, 0.6) is 0 Å². The fourth-order valence-electron chi connectivity index (χ4n) is 1.80. The summed E-state index contributed by atoms with van der Waals surface area (Å²) in [4.78, 5) is 4.33. The monoisotopic (exact) mass is 262 g/mol. The van der Waals surface area contributed by atoms with E-state index in [0.717, 1.165) is 16.9 Å². The van der Waals surface area contributed by atoms with Gasteiger partial charge in [0.25, 0.3) is 0 Å².